The second-order valence-electron chi connectivity index (χ2n) is 4.14. The highest BCUT2D eigenvalue weighted by molar-refractivity contribution is 5.85. The molecule has 1 heterocycles. The normalized spacial score (nSPS) is 10.2. The number of carboxylic acids is 1. The second-order valence-corrected chi connectivity index (χ2v) is 4.14. The van der Waals surface area contributed by atoms with Gasteiger partial charge in [-0.1, -0.05) is 13.8 Å². The molecule has 0 bridgehead atoms. The van der Waals surface area contributed by atoms with Crippen LogP contribution in [0.25, 0.3) is 0 Å². The quantitative estimate of drug-likeness (QED) is 0.675. The number of carbonyl (C=O) groups is 2. The molecule has 0 saturated heterocycles. The fourth-order valence-corrected chi connectivity index (χ4v) is 1.08. The molecule has 0 atom stereocenters. The molecule has 0 saturated carbocycles. The van der Waals surface area contributed by atoms with Gasteiger partial charge < -0.3 is 15.7 Å². The average molecular weight is 252 g/mol. The summed E-state index contributed by atoms with van der Waals surface area (Å²) < 4.78 is 0. The lowest BCUT2D eigenvalue weighted by molar-refractivity contribution is -0.119. The molecule has 1 aromatic heterocycles. The van der Waals surface area contributed by atoms with Crippen molar-refractivity contribution in [2.75, 3.05) is 18.4 Å². The van der Waals surface area contributed by atoms with Gasteiger partial charge in [0.15, 0.2) is 5.69 Å². The Kier molecular flexibility index (Phi) is 5.04. The van der Waals surface area contributed by atoms with E-state index in [0.717, 1.165) is 6.20 Å². The molecular formula is C11H16N4O3. The number of nitrogens with one attached hydrogen (secondary N) is 2. The predicted molar refractivity (Wildman–Crippen MR) is 65.3 cm³/mol. The molecule has 18 heavy (non-hydrogen) atoms. The lowest BCUT2D eigenvalue weighted by atomic mass is 10.2. The lowest BCUT2D eigenvalue weighted by Crippen LogP contribution is -2.32. The summed E-state index contributed by atoms with van der Waals surface area (Å²) in [6.45, 7) is 4.70. The zero-order valence-corrected chi connectivity index (χ0v) is 10.3. The third-order valence-corrected chi connectivity index (χ3v) is 2.01. The molecule has 7 nitrogen and oxygen atoms in total. The minimum absolute atomic E-state index is 0.0772. The third kappa shape index (κ3) is 4.77. The summed E-state index contributed by atoms with van der Waals surface area (Å²) in [6, 6.07) is 0. The van der Waals surface area contributed by atoms with Gasteiger partial charge in [0.2, 0.25) is 5.91 Å². The van der Waals surface area contributed by atoms with Crippen molar-refractivity contribution in [3.63, 3.8) is 0 Å². The van der Waals surface area contributed by atoms with Crippen LogP contribution in [0.3, 0.4) is 0 Å². The van der Waals surface area contributed by atoms with Gasteiger partial charge in [0.05, 0.1) is 18.9 Å². The van der Waals surface area contributed by atoms with E-state index in [9.17, 15) is 9.59 Å². The molecule has 1 rings (SSSR count). The molecule has 1 aromatic rings. The predicted octanol–water partition coefficient (Wildman–Crippen LogP) is 0.359. The van der Waals surface area contributed by atoms with Crippen molar-refractivity contribution < 1.29 is 14.7 Å². The average Bonchev–Trinajstić information content (AvgIpc) is 2.34. The molecule has 0 aliphatic rings. The van der Waals surface area contributed by atoms with Gasteiger partial charge in [0.1, 0.15) is 5.82 Å². The molecule has 0 radical (unpaired) electrons. The maximum Gasteiger partial charge on any atom is 0.356 e. The molecule has 0 aliphatic carbocycles. The van der Waals surface area contributed by atoms with Crippen LogP contribution in [-0.2, 0) is 4.79 Å². The highest BCUT2D eigenvalue weighted by atomic mass is 16.4. The number of hydrogen-bond acceptors (Lipinski definition) is 5. The summed E-state index contributed by atoms with van der Waals surface area (Å²) in [5.41, 5.74) is -0.134. The number of carboxylic acid groups (broad SMARTS) is 1. The number of aromatic carboxylic acids is 1. The fourth-order valence-electron chi connectivity index (χ4n) is 1.08. The summed E-state index contributed by atoms with van der Waals surface area (Å²) in [4.78, 5) is 29.4. The van der Waals surface area contributed by atoms with Crippen LogP contribution in [0.2, 0.25) is 0 Å². The number of aromatic nitrogens is 2. The first-order valence-corrected chi connectivity index (χ1v) is 5.55. The largest absolute Gasteiger partial charge is 0.476 e. The summed E-state index contributed by atoms with van der Waals surface area (Å²) in [5, 5.41) is 14.1. The van der Waals surface area contributed by atoms with Gasteiger partial charge in [-0.2, -0.15) is 0 Å². The Bertz CT molecular complexity index is 417. The number of amides is 1. The van der Waals surface area contributed by atoms with Gasteiger partial charge in [0, 0.05) is 6.54 Å². The van der Waals surface area contributed by atoms with E-state index in [0.29, 0.717) is 18.3 Å². The molecule has 1 amide bonds. The third-order valence-electron chi connectivity index (χ3n) is 2.01. The number of carbonyl (C=O) groups excluding carboxylic acids is 1. The molecule has 98 valence electrons. The molecule has 3 N–H and O–H groups in total. The van der Waals surface area contributed by atoms with E-state index in [1.807, 2.05) is 13.8 Å². The van der Waals surface area contributed by atoms with E-state index in [1.54, 1.807) is 0 Å². The minimum Gasteiger partial charge on any atom is -0.476 e. The lowest BCUT2D eigenvalue weighted by Gasteiger charge is -2.08. The molecular weight excluding hydrogens is 236 g/mol. The second kappa shape index (κ2) is 6.53. The minimum atomic E-state index is -1.14. The van der Waals surface area contributed by atoms with Crippen molar-refractivity contribution in [1.29, 1.82) is 0 Å². The van der Waals surface area contributed by atoms with Gasteiger partial charge in [-0.3, -0.25) is 4.79 Å². The SMILES string of the molecule is CC(C)CNC(=O)CNc1cnc(C(=O)O)cn1. The van der Waals surface area contributed by atoms with Crippen LogP contribution in [-0.4, -0.2) is 40.0 Å². The Morgan fingerprint density at radius 2 is 2.06 bits per heavy atom. The van der Waals surface area contributed by atoms with Crippen molar-refractivity contribution >= 4 is 17.7 Å². The first kappa shape index (κ1) is 13.9. The van der Waals surface area contributed by atoms with Crippen molar-refractivity contribution in [1.82, 2.24) is 15.3 Å². The van der Waals surface area contributed by atoms with Crippen LogP contribution >= 0.6 is 0 Å². The Balaban J connectivity index is 2.39. The zero-order chi connectivity index (χ0) is 13.5. The van der Waals surface area contributed by atoms with Crippen molar-refractivity contribution in [2.45, 2.75) is 13.8 Å². The number of nitrogens with zero attached hydrogens (tertiary/aromatic N) is 2. The van der Waals surface area contributed by atoms with E-state index >= 15 is 0 Å². The highest BCUT2D eigenvalue weighted by Crippen LogP contribution is 2.00. The van der Waals surface area contributed by atoms with E-state index < -0.39 is 5.97 Å². The monoisotopic (exact) mass is 252 g/mol. The van der Waals surface area contributed by atoms with Gasteiger partial charge in [-0.05, 0) is 5.92 Å². The van der Waals surface area contributed by atoms with Gasteiger partial charge in [-0.15, -0.1) is 0 Å². The molecule has 0 unspecified atom stereocenters. The van der Waals surface area contributed by atoms with Gasteiger partial charge in [-0.25, -0.2) is 14.8 Å². The van der Waals surface area contributed by atoms with Crippen molar-refractivity contribution in [3.05, 3.63) is 18.1 Å². The Morgan fingerprint density at radius 1 is 1.33 bits per heavy atom. The Labute approximate surface area is 105 Å². The Morgan fingerprint density at radius 3 is 2.56 bits per heavy atom. The smallest absolute Gasteiger partial charge is 0.356 e. The summed E-state index contributed by atoms with van der Waals surface area (Å²) >= 11 is 0. The molecule has 0 fully saturated rings. The highest BCUT2D eigenvalue weighted by Gasteiger charge is 2.06. The van der Waals surface area contributed by atoms with E-state index in [2.05, 4.69) is 20.6 Å². The number of anilines is 1. The first-order chi connectivity index (χ1) is 8.49. The zero-order valence-electron chi connectivity index (χ0n) is 10.3. The van der Waals surface area contributed by atoms with E-state index in [1.165, 1.54) is 6.20 Å². The first-order valence-electron chi connectivity index (χ1n) is 5.55. The van der Waals surface area contributed by atoms with Crippen LogP contribution in [0.4, 0.5) is 5.82 Å². The van der Waals surface area contributed by atoms with E-state index in [4.69, 9.17) is 5.11 Å². The summed E-state index contributed by atoms with van der Waals surface area (Å²) in [7, 11) is 0. The molecule has 0 aliphatic heterocycles. The Hall–Kier alpha value is -2.18. The summed E-state index contributed by atoms with van der Waals surface area (Å²) in [5.74, 6) is -0.528. The van der Waals surface area contributed by atoms with Gasteiger partial charge in [0.25, 0.3) is 0 Å². The van der Waals surface area contributed by atoms with E-state index in [-0.39, 0.29) is 18.1 Å². The maximum absolute atomic E-state index is 11.4. The van der Waals surface area contributed by atoms with Crippen LogP contribution in [0, 0.1) is 5.92 Å². The van der Waals surface area contributed by atoms with Crippen LogP contribution < -0.4 is 10.6 Å². The number of rotatable bonds is 6. The van der Waals surface area contributed by atoms with Gasteiger partial charge >= 0.3 is 5.97 Å². The molecule has 0 aromatic carbocycles. The summed E-state index contributed by atoms with van der Waals surface area (Å²) in [6.07, 6.45) is 2.41. The van der Waals surface area contributed by atoms with Crippen LogP contribution in [0.1, 0.15) is 24.3 Å². The van der Waals surface area contributed by atoms with Crippen LogP contribution in [0.5, 0.6) is 0 Å². The fraction of sp³-hybridized carbons (Fsp3) is 0.455. The maximum atomic E-state index is 11.4. The van der Waals surface area contributed by atoms with Crippen molar-refractivity contribution in [3.8, 4) is 0 Å². The van der Waals surface area contributed by atoms with Crippen LogP contribution in [0.15, 0.2) is 12.4 Å². The number of hydrogen-bond donors (Lipinski definition) is 3. The molecule has 0 spiro atoms. The topological polar surface area (TPSA) is 104 Å². The van der Waals surface area contributed by atoms with Crippen molar-refractivity contribution in [2.24, 2.45) is 5.92 Å². The standard InChI is InChI=1S/C11H16N4O3/c1-7(2)3-15-10(16)6-14-9-5-12-8(4-13-9)11(17)18/h4-5,7H,3,6H2,1-2H3,(H,13,14)(H,15,16)(H,17,18). The molecule has 7 heteroatoms.